The van der Waals surface area contributed by atoms with Gasteiger partial charge in [0.25, 0.3) is 0 Å². The van der Waals surface area contributed by atoms with Crippen LogP contribution in [0.1, 0.15) is 82.6 Å². The zero-order valence-corrected chi connectivity index (χ0v) is 27.9. The highest BCUT2D eigenvalue weighted by Gasteiger charge is 2.27. The number of ether oxygens (including phenoxy) is 1. The molecule has 6 rings (SSSR count). The van der Waals surface area contributed by atoms with E-state index in [1.165, 1.54) is 6.42 Å². The van der Waals surface area contributed by atoms with Gasteiger partial charge in [0, 0.05) is 40.9 Å². The highest BCUT2D eigenvalue weighted by Crippen LogP contribution is 2.35. The second kappa shape index (κ2) is 13.4. The quantitative estimate of drug-likeness (QED) is 0.174. The smallest absolute Gasteiger partial charge is 0.346 e. The number of nitrogens with one attached hydrogen (secondary N) is 1. The molecule has 0 saturated carbocycles. The maximum Gasteiger partial charge on any atom is 0.346 e. The largest absolute Gasteiger partial charge is 0.484 e. The molecular formula is C37H44N8O2. The number of amidine groups is 1. The molecule has 10 nitrogen and oxygen atoms in total. The summed E-state index contributed by atoms with van der Waals surface area (Å²) in [5.74, 6) is 1.93. The van der Waals surface area contributed by atoms with Gasteiger partial charge in [-0.2, -0.15) is 4.99 Å². The summed E-state index contributed by atoms with van der Waals surface area (Å²) in [6, 6.07) is 19.6. The number of carbonyl (C=O) groups is 1. The fourth-order valence-electron chi connectivity index (χ4n) is 6.00. The number of benzene rings is 2. The van der Waals surface area contributed by atoms with Crippen molar-refractivity contribution >= 4 is 34.9 Å². The number of hydrogen-bond donors (Lipinski definition) is 2. The number of anilines is 1. The lowest BCUT2D eigenvalue weighted by molar-refractivity contribution is 0.193. The zero-order valence-electron chi connectivity index (χ0n) is 27.9. The molecule has 47 heavy (non-hydrogen) atoms. The Kier molecular flexibility index (Phi) is 9.11. The Balaban J connectivity index is 1.23. The monoisotopic (exact) mass is 632 g/mol. The number of piperidine rings is 1. The van der Waals surface area contributed by atoms with Gasteiger partial charge in [-0.25, -0.2) is 9.79 Å². The number of aromatic nitrogens is 3. The van der Waals surface area contributed by atoms with E-state index in [0.29, 0.717) is 41.8 Å². The van der Waals surface area contributed by atoms with Crippen molar-refractivity contribution in [2.45, 2.75) is 78.9 Å². The second-order valence-electron chi connectivity index (χ2n) is 13.5. The van der Waals surface area contributed by atoms with Gasteiger partial charge < -0.3 is 15.4 Å². The molecule has 0 unspecified atom stereocenters. The summed E-state index contributed by atoms with van der Waals surface area (Å²) in [4.78, 5) is 24.9. The first-order valence-electron chi connectivity index (χ1n) is 16.4. The Morgan fingerprint density at radius 3 is 2.60 bits per heavy atom. The minimum atomic E-state index is -0.504. The van der Waals surface area contributed by atoms with E-state index in [1.807, 2.05) is 99.0 Å². The van der Waals surface area contributed by atoms with Gasteiger partial charge in [-0.05, 0) is 70.2 Å². The minimum absolute atomic E-state index is 0.201. The van der Waals surface area contributed by atoms with Crippen LogP contribution in [0.5, 0.6) is 5.75 Å². The van der Waals surface area contributed by atoms with Gasteiger partial charge in [0.05, 0.1) is 17.6 Å². The van der Waals surface area contributed by atoms with Crippen LogP contribution in [-0.4, -0.2) is 44.8 Å². The molecule has 2 aromatic carbocycles. The van der Waals surface area contributed by atoms with E-state index in [-0.39, 0.29) is 11.5 Å². The number of urea groups is 1. The van der Waals surface area contributed by atoms with Crippen molar-refractivity contribution in [2.75, 3.05) is 11.4 Å². The maximum atomic E-state index is 13.4. The number of allylic oxidation sites excluding steroid dienone is 1. The SMILES string of the molecule is Cc1ccc(N=C(C=C(N)C(C)(C)C)NC(=O)N=C2CC[C@@H](Oc3ccc4nnc(N5CCCC[C@@H]5C)n4c3)c3ccccc32)cc1. The predicted molar refractivity (Wildman–Crippen MR) is 188 cm³/mol. The Hall–Kier alpha value is -4.99. The van der Waals surface area contributed by atoms with Crippen LogP contribution in [0.25, 0.3) is 5.65 Å². The molecule has 0 radical (unpaired) electrons. The summed E-state index contributed by atoms with van der Waals surface area (Å²) in [5, 5.41) is 11.8. The van der Waals surface area contributed by atoms with Gasteiger partial charge in [-0.1, -0.05) is 62.7 Å². The molecule has 0 spiro atoms. The van der Waals surface area contributed by atoms with Crippen molar-refractivity contribution in [2.24, 2.45) is 21.1 Å². The highest BCUT2D eigenvalue weighted by atomic mass is 16.5. The maximum absolute atomic E-state index is 13.4. The van der Waals surface area contributed by atoms with Crippen molar-refractivity contribution in [3.8, 4) is 5.75 Å². The van der Waals surface area contributed by atoms with Crippen LogP contribution in [0.15, 0.2) is 88.6 Å². The summed E-state index contributed by atoms with van der Waals surface area (Å²) in [5.41, 5.74) is 11.9. The minimum Gasteiger partial charge on any atom is -0.484 e. The van der Waals surface area contributed by atoms with Crippen molar-refractivity contribution < 1.29 is 9.53 Å². The first-order valence-corrected chi connectivity index (χ1v) is 16.4. The zero-order chi connectivity index (χ0) is 33.1. The number of pyridine rings is 1. The first kappa shape index (κ1) is 32.0. The average Bonchev–Trinajstić information content (AvgIpc) is 3.46. The Morgan fingerprint density at radius 1 is 1.04 bits per heavy atom. The Bertz CT molecular complexity index is 1850. The molecule has 3 heterocycles. The number of aryl methyl sites for hydroxylation is 1. The number of rotatable bonds is 5. The van der Waals surface area contributed by atoms with Gasteiger partial charge >= 0.3 is 6.03 Å². The first-order chi connectivity index (χ1) is 22.5. The van der Waals surface area contributed by atoms with Gasteiger partial charge in [-0.3, -0.25) is 9.72 Å². The van der Waals surface area contributed by atoms with Crippen LogP contribution in [0, 0.1) is 12.3 Å². The topological polar surface area (TPSA) is 122 Å². The van der Waals surface area contributed by atoms with Crippen molar-refractivity contribution in [3.05, 3.63) is 95.3 Å². The van der Waals surface area contributed by atoms with Crippen LogP contribution in [-0.2, 0) is 0 Å². The third kappa shape index (κ3) is 7.37. The molecule has 10 heteroatoms. The fourth-order valence-corrected chi connectivity index (χ4v) is 6.00. The number of carbonyl (C=O) groups excluding carboxylic acids is 1. The molecule has 244 valence electrons. The van der Waals surface area contributed by atoms with Crippen LogP contribution >= 0.6 is 0 Å². The van der Waals surface area contributed by atoms with E-state index in [4.69, 9.17) is 10.5 Å². The van der Waals surface area contributed by atoms with Gasteiger partial charge in [-0.15, -0.1) is 10.2 Å². The van der Waals surface area contributed by atoms with E-state index in [9.17, 15) is 4.79 Å². The van der Waals surface area contributed by atoms with Crippen molar-refractivity contribution in [1.82, 2.24) is 19.9 Å². The molecule has 0 bridgehead atoms. The number of aliphatic imine (C=N–C) groups is 2. The second-order valence-corrected chi connectivity index (χ2v) is 13.5. The molecule has 1 fully saturated rings. The molecule has 2 atom stereocenters. The van der Waals surface area contributed by atoms with E-state index >= 15 is 0 Å². The van der Waals surface area contributed by atoms with E-state index in [0.717, 1.165) is 53.4 Å². The summed E-state index contributed by atoms with van der Waals surface area (Å²) in [6.07, 6.45) is 8.27. The Morgan fingerprint density at radius 2 is 1.83 bits per heavy atom. The van der Waals surface area contributed by atoms with E-state index < -0.39 is 6.03 Å². The number of nitrogens with two attached hydrogens (primary N) is 1. The lowest BCUT2D eigenvalue weighted by Gasteiger charge is -2.33. The van der Waals surface area contributed by atoms with Crippen LogP contribution in [0.3, 0.4) is 0 Å². The van der Waals surface area contributed by atoms with Gasteiger partial charge in [0.2, 0.25) is 5.95 Å². The van der Waals surface area contributed by atoms with E-state index in [1.54, 1.807) is 6.08 Å². The van der Waals surface area contributed by atoms with Crippen molar-refractivity contribution in [3.63, 3.8) is 0 Å². The summed E-state index contributed by atoms with van der Waals surface area (Å²) in [6.45, 7) is 11.3. The standard InChI is InChI=1S/C37H44N8O2/c1-24-13-15-26(16-14-24)39-33(22-32(38)37(3,4)5)41-35(46)40-30-18-19-31(29-12-7-6-11-28(29)30)47-27-17-20-34-42-43-36(45(34)23-27)44-21-9-8-10-25(44)2/h6-7,11-17,20,22-23,25,31H,8-10,18-19,21,38H2,1-5H3,(H,39,41,46)/t25-,31+/m0/s1. The van der Waals surface area contributed by atoms with Crippen molar-refractivity contribution in [1.29, 1.82) is 0 Å². The molecule has 1 aliphatic carbocycles. The third-order valence-electron chi connectivity index (χ3n) is 8.87. The molecular weight excluding hydrogens is 588 g/mol. The Labute approximate surface area is 276 Å². The van der Waals surface area contributed by atoms with Crippen LogP contribution in [0.4, 0.5) is 16.4 Å². The average molecular weight is 633 g/mol. The summed E-state index contributed by atoms with van der Waals surface area (Å²) in [7, 11) is 0. The molecule has 3 N–H and O–H groups in total. The lowest BCUT2D eigenvalue weighted by Crippen LogP contribution is -2.38. The van der Waals surface area contributed by atoms with Gasteiger partial charge in [0.15, 0.2) is 5.65 Å². The van der Waals surface area contributed by atoms with Crippen LogP contribution in [0.2, 0.25) is 0 Å². The number of nitrogens with zero attached hydrogens (tertiary/aromatic N) is 6. The summed E-state index contributed by atoms with van der Waals surface area (Å²) < 4.78 is 8.63. The third-order valence-corrected chi connectivity index (χ3v) is 8.87. The molecule has 1 aliphatic heterocycles. The fraction of sp³-hybridized carbons (Fsp3) is 0.378. The predicted octanol–water partition coefficient (Wildman–Crippen LogP) is 7.45. The van der Waals surface area contributed by atoms with Crippen LogP contribution < -0.4 is 20.7 Å². The number of fused-ring (bicyclic) bond motifs is 2. The number of amides is 2. The molecule has 1 saturated heterocycles. The lowest BCUT2D eigenvalue weighted by atomic mass is 9.87. The molecule has 2 aromatic heterocycles. The summed E-state index contributed by atoms with van der Waals surface area (Å²) >= 11 is 0. The number of hydrogen-bond acceptors (Lipinski definition) is 7. The van der Waals surface area contributed by atoms with E-state index in [2.05, 4.69) is 37.3 Å². The molecule has 2 aliphatic rings. The molecule has 4 aromatic rings. The highest BCUT2D eigenvalue weighted by molar-refractivity contribution is 6.12. The normalized spacial score (nSPS) is 19.9. The molecule has 2 amide bonds. The van der Waals surface area contributed by atoms with Gasteiger partial charge in [0.1, 0.15) is 17.7 Å².